The second kappa shape index (κ2) is 13.3. The van der Waals surface area contributed by atoms with Crippen LogP contribution in [0.1, 0.15) is 51.0 Å². The van der Waals surface area contributed by atoms with Gasteiger partial charge in [-0.25, -0.2) is 4.79 Å². The monoisotopic (exact) mass is 452 g/mol. The van der Waals surface area contributed by atoms with Crippen LogP contribution in [0, 0.1) is 0 Å². The van der Waals surface area contributed by atoms with E-state index >= 15 is 0 Å². The van der Waals surface area contributed by atoms with E-state index in [1.54, 1.807) is 6.07 Å². The molecule has 4 nitrogen and oxygen atoms in total. The number of carboxylic acids is 1. The lowest BCUT2D eigenvalue weighted by Gasteiger charge is -2.12. The van der Waals surface area contributed by atoms with Gasteiger partial charge >= 0.3 is 12.0 Å². The van der Waals surface area contributed by atoms with Crippen molar-refractivity contribution in [2.75, 3.05) is 13.2 Å². The van der Waals surface area contributed by atoms with Gasteiger partial charge in [0.15, 0.2) is 11.5 Å². The highest BCUT2D eigenvalue weighted by atomic mass is 35.8. The standard InChI is InChI=1S/C19H27Cl3O4Si/c1-2-25-18-15-16(10-12-19(23)24)9-11-17(18)26-13-7-5-3-4-6-8-14-27(20,21)22/h9-12,15H,2-8,13-14H2,1H3,(H,23,24). The molecule has 0 fully saturated rings. The number of carboxylic acid groups (broad SMARTS) is 1. The third kappa shape index (κ3) is 12.2. The minimum Gasteiger partial charge on any atom is -0.490 e. The van der Waals surface area contributed by atoms with Gasteiger partial charge in [-0.15, -0.1) is 33.2 Å². The van der Waals surface area contributed by atoms with Crippen molar-refractivity contribution in [1.29, 1.82) is 0 Å². The second-order valence-corrected chi connectivity index (χ2v) is 15.4. The minimum absolute atomic E-state index is 0.513. The topological polar surface area (TPSA) is 55.8 Å². The molecule has 0 saturated heterocycles. The SMILES string of the molecule is CCOc1cc(C=CC(=O)O)ccc1OCCCCCCCC[Si](Cl)(Cl)Cl. The van der Waals surface area contributed by atoms with Gasteiger partial charge in [0.05, 0.1) is 13.2 Å². The number of aliphatic carboxylic acids is 1. The fraction of sp³-hybridized carbons (Fsp3) is 0.526. The maximum atomic E-state index is 10.6. The van der Waals surface area contributed by atoms with Crippen LogP contribution in [0.15, 0.2) is 24.3 Å². The number of benzene rings is 1. The molecule has 0 saturated carbocycles. The first-order valence-electron chi connectivity index (χ1n) is 9.19. The zero-order chi connectivity index (χ0) is 20.1. The molecule has 0 bridgehead atoms. The Morgan fingerprint density at radius 3 is 2.33 bits per heavy atom. The number of hydrogen-bond acceptors (Lipinski definition) is 3. The molecule has 0 amide bonds. The molecule has 1 N–H and O–H groups in total. The van der Waals surface area contributed by atoms with E-state index < -0.39 is 12.0 Å². The number of hydrogen-bond donors (Lipinski definition) is 1. The predicted octanol–water partition coefficient (Wildman–Crippen LogP) is 6.56. The summed E-state index contributed by atoms with van der Waals surface area (Å²) in [5, 5.41) is 8.71. The molecule has 0 atom stereocenters. The third-order valence-electron chi connectivity index (χ3n) is 3.80. The molecule has 0 spiro atoms. The van der Waals surface area contributed by atoms with Crippen LogP contribution in [0.25, 0.3) is 6.08 Å². The smallest absolute Gasteiger partial charge is 0.341 e. The summed E-state index contributed by atoms with van der Waals surface area (Å²) in [4.78, 5) is 10.6. The van der Waals surface area contributed by atoms with Gasteiger partial charge in [-0.3, -0.25) is 0 Å². The summed E-state index contributed by atoms with van der Waals surface area (Å²) in [6.07, 6.45) is 9.05. The van der Waals surface area contributed by atoms with Crippen molar-refractivity contribution in [2.45, 2.75) is 51.5 Å². The van der Waals surface area contributed by atoms with E-state index in [9.17, 15) is 4.79 Å². The number of ether oxygens (including phenoxy) is 2. The highest BCUT2D eigenvalue weighted by Crippen LogP contribution is 2.30. The van der Waals surface area contributed by atoms with Crippen molar-refractivity contribution in [2.24, 2.45) is 0 Å². The normalized spacial score (nSPS) is 11.7. The van der Waals surface area contributed by atoms with Gasteiger partial charge < -0.3 is 14.6 Å². The van der Waals surface area contributed by atoms with Crippen LogP contribution in [0.3, 0.4) is 0 Å². The first kappa shape index (κ1) is 24.2. The first-order chi connectivity index (χ1) is 12.8. The fourth-order valence-electron chi connectivity index (χ4n) is 2.50. The Labute approximate surface area is 176 Å². The van der Waals surface area contributed by atoms with E-state index in [2.05, 4.69) is 0 Å². The number of rotatable bonds is 14. The van der Waals surface area contributed by atoms with Gasteiger partial charge in [0.25, 0.3) is 0 Å². The van der Waals surface area contributed by atoms with Crippen LogP contribution in [0.5, 0.6) is 11.5 Å². The van der Waals surface area contributed by atoms with Crippen LogP contribution in [0.2, 0.25) is 6.04 Å². The molecule has 0 radical (unpaired) electrons. The fourth-order valence-corrected chi connectivity index (χ4v) is 4.35. The average molecular weight is 454 g/mol. The lowest BCUT2D eigenvalue weighted by atomic mass is 10.1. The molecule has 27 heavy (non-hydrogen) atoms. The molecule has 0 aromatic heterocycles. The highest BCUT2D eigenvalue weighted by molar-refractivity contribution is 7.64. The summed E-state index contributed by atoms with van der Waals surface area (Å²) in [6.45, 7) is 3.03. The van der Waals surface area contributed by atoms with E-state index in [1.807, 2.05) is 19.1 Å². The summed E-state index contributed by atoms with van der Waals surface area (Å²) < 4.78 is 11.4. The summed E-state index contributed by atoms with van der Waals surface area (Å²) >= 11 is 17.6. The maximum absolute atomic E-state index is 10.6. The Morgan fingerprint density at radius 2 is 1.70 bits per heavy atom. The predicted molar refractivity (Wildman–Crippen MR) is 116 cm³/mol. The molecule has 0 heterocycles. The molecule has 0 aliphatic carbocycles. The van der Waals surface area contributed by atoms with Gasteiger partial charge in [0, 0.05) is 6.08 Å². The molecular formula is C19H27Cl3O4Si. The Balaban J connectivity index is 2.32. The Morgan fingerprint density at radius 1 is 1.04 bits per heavy atom. The minimum atomic E-state index is -2.45. The number of carbonyl (C=O) groups is 1. The van der Waals surface area contributed by atoms with Gasteiger partial charge in [-0.1, -0.05) is 38.2 Å². The molecule has 1 rings (SSSR count). The molecule has 1 aromatic carbocycles. The summed E-state index contributed by atoms with van der Waals surface area (Å²) in [5.41, 5.74) is 0.756. The average Bonchev–Trinajstić information content (AvgIpc) is 2.59. The summed E-state index contributed by atoms with van der Waals surface area (Å²) in [5.74, 6) is 0.320. The quantitative estimate of drug-likeness (QED) is 0.150. The Kier molecular flexibility index (Phi) is 11.9. The van der Waals surface area contributed by atoms with Crippen molar-refractivity contribution in [1.82, 2.24) is 0 Å². The van der Waals surface area contributed by atoms with Gasteiger partial charge in [0.1, 0.15) is 0 Å². The molecular weight excluding hydrogens is 427 g/mol. The molecule has 0 aliphatic heterocycles. The van der Waals surface area contributed by atoms with E-state index in [1.165, 1.54) is 6.08 Å². The Hall–Kier alpha value is -0.883. The summed E-state index contributed by atoms with van der Waals surface area (Å²) in [6, 6.07) is 3.69. The summed E-state index contributed by atoms with van der Waals surface area (Å²) in [7, 11) is 0. The Bertz CT molecular complexity index is 603. The van der Waals surface area contributed by atoms with Crippen LogP contribution in [-0.4, -0.2) is 30.3 Å². The highest BCUT2D eigenvalue weighted by Gasteiger charge is 2.23. The van der Waals surface area contributed by atoms with Crippen LogP contribution < -0.4 is 9.47 Å². The van der Waals surface area contributed by atoms with Crippen molar-refractivity contribution in [3.63, 3.8) is 0 Å². The van der Waals surface area contributed by atoms with E-state index in [4.69, 9.17) is 47.8 Å². The first-order valence-corrected chi connectivity index (χ1v) is 14.4. The van der Waals surface area contributed by atoms with E-state index in [0.717, 1.165) is 56.2 Å². The molecule has 0 unspecified atom stereocenters. The lowest BCUT2D eigenvalue weighted by molar-refractivity contribution is -0.131. The molecule has 8 heteroatoms. The van der Waals surface area contributed by atoms with Crippen molar-refractivity contribution < 1.29 is 19.4 Å². The maximum Gasteiger partial charge on any atom is 0.341 e. The van der Waals surface area contributed by atoms with Crippen molar-refractivity contribution in [3.05, 3.63) is 29.8 Å². The van der Waals surface area contributed by atoms with E-state index in [0.29, 0.717) is 24.7 Å². The van der Waals surface area contributed by atoms with Crippen LogP contribution in [-0.2, 0) is 4.79 Å². The number of halogens is 3. The third-order valence-corrected chi connectivity index (χ3v) is 6.42. The second-order valence-electron chi connectivity index (χ2n) is 6.15. The largest absolute Gasteiger partial charge is 0.490 e. The van der Waals surface area contributed by atoms with Gasteiger partial charge in [-0.2, -0.15) is 0 Å². The van der Waals surface area contributed by atoms with Gasteiger partial charge in [-0.05, 0) is 43.2 Å². The van der Waals surface area contributed by atoms with Crippen molar-refractivity contribution in [3.8, 4) is 11.5 Å². The van der Waals surface area contributed by atoms with Crippen molar-refractivity contribution >= 4 is 51.3 Å². The zero-order valence-corrected chi connectivity index (χ0v) is 18.8. The molecule has 1 aromatic rings. The van der Waals surface area contributed by atoms with Gasteiger partial charge in [0.2, 0.25) is 0 Å². The molecule has 0 aliphatic rings. The van der Waals surface area contributed by atoms with E-state index in [-0.39, 0.29) is 0 Å². The van der Waals surface area contributed by atoms with Crippen LogP contribution in [0.4, 0.5) is 0 Å². The van der Waals surface area contributed by atoms with Crippen LogP contribution >= 0.6 is 33.2 Å². The molecule has 152 valence electrons. The zero-order valence-electron chi connectivity index (χ0n) is 15.6. The lowest BCUT2D eigenvalue weighted by Crippen LogP contribution is -2.07. The number of unbranched alkanes of at least 4 members (excludes halogenated alkanes) is 5.